The van der Waals surface area contributed by atoms with E-state index in [1.165, 1.54) is 11.8 Å². The van der Waals surface area contributed by atoms with Gasteiger partial charge in [0, 0.05) is 12.6 Å². The van der Waals surface area contributed by atoms with E-state index in [0.717, 1.165) is 27.9 Å². The van der Waals surface area contributed by atoms with Gasteiger partial charge in [-0.1, -0.05) is 42.1 Å². The number of nitrogens with zero attached hydrogens (tertiary/aromatic N) is 3. The summed E-state index contributed by atoms with van der Waals surface area (Å²) in [7, 11) is 0. The molecule has 0 radical (unpaired) electrons. The van der Waals surface area contributed by atoms with Gasteiger partial charge in [-0.3, -0.25) is 9.36 Å². The molecule has 0 unspecified atom stereocenters. The lowest BCUT2D eigenvalue weighted by Gasteiger charge is -2.13. The fourth-order valence-corrected chi connectivity index (χ4v) is 3.52. The van der Waals surface area contributed by atoms with Crippen LogP contribution >= 0.6 is 11.8 Å². The zero-order chi connectivity index (χ0) is 18.5. The predicted molar refractivity (Wildman–Crippen MR) is 102 cm³/mol. The molecule has 0 aliphatic heterocycles. The van der Waals surface area contributed by atoms with Crippen molar-refractivity contribution in [3.63, 3.8) is 0 Å². The summed E-state index contributed by atoms with van der Waals surface area (Å²) >= 11 is 1.39. The van der Waals surface area contributed by atoms with Crippen LogP contribution in [0.3, 0.4) is 0 Å². The van der Waals surface area contributed by atoms with Crippen LogP contribution in [0, 0.1) is 6.92 Å². The third kappa shape index (κ3) is 4.16. The van der Waals surface area contributed by atoms with Gasteiger partial charge in [0.25, 0.3) is 0 Å². The highest BCUT2D eigenvalue weighted by molar-refractivity contribution is 7.99. The smallest absolute Gasteiger partial charge is 0.230 e. The molecule has 2 aromatic heterocycles. The number of carbonyl (C=O) groups is 1. The molecule has 7 heteroatoms. The molecule has 1 N–H and O–H groups in total. The first kappa shape index (κ1) is 18.3. The van der Waals surface area contributed by atoms with Crippen molar-refractivity contribution in [3.05, 3.63) is 54.0 Å². The normalized spacial score (nSPS) is 11.1. The third-order valence-corrected chi connectivity index (χ3v) is 4.89. The Morgan fingerprint density at radius 3 is 2.65 bits per heavy atom. The molecule has 0 bridgehead atoms. The molecular weight excluding hydrogens is 348 g/mol. The van der Waals surface area contributed by atoms with E-state index in [4.69, 9.17) is 4.42 Å². The maximum absolute atomic E-state index is 12.2. The fourth-order valence-electron chi connectivity index (χ4n) is 2.62. The third-order valence-electron chi connectivity index (χ3n) is 3.95. The molecular formula is C19H22N4O2S. The number of hydrogen-bond donors (Lipinski definition) is 1. The quantitative estimate of drug-likeness (QED) is 0.640. The van der Waals surface area contributed by atoms with Crippen LogP contribution in [0.5, 0.6) is 0 Å². The van der Waals surface area contributed by atoms with Gasteiger partial charge in [0.1, 0.15) is 5.76 Å². The van der Waals surface area contributed by atoms with Crippen LogP contribution in [-0.4, -0.2) is 26.4 Å². The Kier molecular flexibility index (Phi) is 5.78. The molecule has 26 heavy (non-hydrogen) atoms. The van der Waals surface area contributed by atoms with Gasteiger partial charge in [0.2, 0.25) is 5.91 Å². The minimum Gasteiger partial charge on any atom is -0.469 e. The summed E-state index contributed by atoms with van der Waals surface area (Å²) in [6.45, 7) is 6.57. The number of benzene rings is 1. The molecule has 0 saturated heterocycles. The minimum atomic E-state index is -0.0294. The Morgan fingerprint density at radius 2 is 2.00 bits per heavy atom. The molecule has 0 fully saturated rings. The first-order chi connectivity index (χ1) is 12.6. The first-order valence-electron chi connectivity index (χ1n) is 8.49. The first-order valence-corrected chi connectivity index (χ1v) is 9.47. The summed E-state index contributed by atoms with van der Waals surface area (Å²) in [6.07, 6.45) is 1.65. The van der Waals surface area contributed by atoms with Gasteiger partial charge >= 0.3 is 0 Å². The van der Waals surface area contributed by atoms with Gasteiger partial charge < -0.3 is 9.73 Å². The maximum atomic E-state index is 12.2. The molecule has 0 aliphatic carbocycles. The number of thioether (sulfide) groups is 1. The van der Waals surface area contributed by atoms with Gasteiger partial charge in [0.15, 0.2) is 11.0 Å². The Labute approximate surface area is 157 Å². The Balaban J connectivity index is 1.65. The van der Waals surface area contributed by atoms with Crippen LogP contribution in [-0.2, 0) is 11.3 Å². The summed E-state index contributed by atoms with van der Waals surface area (Å²) in [5, 5.41) is 12.2. The van der Waals surface area contributed by atoms with Crippen molar-refractivity contribution in [2.24, 2.45) is 0 Å². The zero-order valence-electron chi connectivity index (χ0n) is 15.1. The fraction of sp³-hybridized carbons (Fsp3) is 0.316. The second-order valence-corrected chi connectivity index (χ2v) is 7.15. The highest BCUT2D eigenvalue weighted by atomic mass is 32.2. The second-order valence-electron chi connectivity index (χ2n) is 6.21. The molecule has 1 aromatic carbocycles. The molecule has 3 aromatic rings. The molecule has 0 saturated carbocycles. The van der Waals surface area contributed by atoms with E-state index in [-0.39, 0.29) is 11.9 Å². The van der Waals surface area contributed by atoms with Crippen LogP contribution in [0.4, 0.5) is 0 Å². The molecule has 1 amide bonds. The molecule has 3 rings (SSSR count). The molecule has 0 spiro atoms. The van der Waals surface area contributed by atoms with E-state index >= 15 is 0 Å². The largest absolute Gasteiger partial charge is 0.469 e. The lowest BCUT2D eigenvalue weighted by molar-refractivity contribution is -0.118. The number of aryl methyl sites for hydroxylation is 1. The van der Waals surface area contributed by atoms with Crippen molar-refractivity contribution >= 4 is 17.7 Å². The SMILES string of the molecule is Cc1occc1-c1nnc(SCC(=O)NCc2ccccc2)n1C(C)C. The van der Waals surface area contributed by atoms with Gasteiger partial charge in [0.05, 0.1) is 17.6 Å². The van der Waals surface area contributed by atoms with E-state index in [9.17, 15) is 4.79 Å². The highest BCUT2D eigenvalue weighted by Crippen LogP contribution is 2.29. The average molecular weight is 370 g/mol. The van der Waals surface area contributed by atoms with Crippen LogP contribution in [0.15, 0.2) is 52.2 Å². The van der Waals surface area contributed by atoms with Crippen LogP contribution in [0.2, 0.25) is 0 Å². The topological polar surface area (TPSA) is 72.9 Å². The number of rotatable bonds is 7. The Bertz CT molecular complexity index is 871. The van der Waals surface area contributed by atoms with Gasteiger partial charge in [-0.05, 0) is 32.4 Å². The molecule has 2 heterocycles. The van der Waals surface area contributed by atoms with E-state index in [1.54, 1.807) is 6.26 Å². The molecule has 6 nitrogen and oxygen atoms in total. The standard InChI is InChI=1S/C19H22N4O2S/c1-13(2)23-18(16-9-10-25-14(16)3)21-22-19(23)26-12-17(24)20-11-15-7-5-4-6-8-15/h4-10,13H,11-12H2,1-3H3,(H,20,24). The van der Waals surface area contributed by atoms with E-state index < -0.39 is 0 Å². The van der Waals surface area contributed by atoms with E-state index in [0.29, 0.717) is 12.3 Å². The van der Waals surface area contributed by atoms with Crippen molar-refractivity contribution < 1.29 is 9.21 Å². The van der Waals surface area contributed by atoms with Crippen molar-refractivity contribution in [3.8, 4) is 11.4 Å². The van der Waals surface area contributed by atoms with Gasteiger partial charge in [-0.15, -0.1) is 10.2 Å². The van der Waals surface area contributed by atoms with E-state index in [2.05, 4.69) is 29.4 Å². The number of carbonyl (C=O) groups excluding carboxylic acids is 1. The summed E-state index contributed by atoms with van der Waals surface area (Å²) in [6, 6.07) is 11.9. The molecule has 0 atom stereocenters. The number of aromatic nitrogens is 3. The van der Waals surface area contributed by atoms with Crippen LogP contribution in [0.25, 0.3) is 11.4 Å². The van der Waals surface area contributed by atoms with Crippen LogP contribution < -0.4 is 5.32 Å². The Morgan fingerprint density at radius 1 is 1.23 bits per heavy atom. The summed E-state index contributed by atoms with van der Waals surface area (Å²) in [4.78, 5) is 12.2. The number of furan rings is 1. The van der Waals surface area contributed by atoms with Crippen molar-refractivity contribution in [2.45, 2.75) is 38.5 Å². The summed E-state index contributed by atoms with van der Waals surface area (Å²) in [5.74, 6) is 1.83. The van der Waals surface area contributed by atoms with Crippen molar-refractivity contribution in [2.75, 3.05) is 5.75 Å². The summed E-state index contributed by atoms with van der Waals surface area (Å²) in [5.41, 5.74) is 2.00. The second kappa shape index (κ2) is 8.23. The maximum Gasteiger partial charge on any atom is 0.230 e. The van der Waals surface area contributed by atoms with Gasteiger partial charge in [-0.2, -0.15) is 0 Å². The van der Waals surface area contributed by atoms with E-state index in [1.807, 2.05) is 47.9 Å². The monoisotopic (exact) mass is 370 g/mol. The van der Waals surface area contributed by atoms with Crippen molar-refractivity contribution in [1.29, 1.82) is 0 Å². The van der Waals surface area contributed by atoms with Crippen molar-refractivity contribution in [1.82, 2.24) is 20.1 Å². The molecule has 0 aliphatic rings. The minimum absolute atomic E-state index is 0.0294. The lowest BCUT2D eigenvalue weighted by Crippen LogP contribution is -2.24. The Hall–Kier alpha value is -2.54. The zero-order valence-corrected chi connectivity index (χ0v) is 15.9. The number of hydrogen-bond acceptors (Lipinski definition) is 5. The van der Waals surface area contributed by atoms with Gasteiger partial charge in [-0.25, -0.2) is 0 Å². The van der Waals surface area contributed by atoms with Crippen LogP contribution in [0.1, 0.15) is 31.2 Å². The highest BCUT2D eigenvalue weighted by Gasteiger charge is 2.20. The number of nitrogens with one attached hydrogen (secondary N) is 1. The average Bonchev–Trinajstić information content (AvgIpc) is 3.24. The predicted octanol–water partition coefficient (Wildman–Crippen LogP) is 3.84. The molecule has 136 valence electrons. The number of amides is 1. The summed E-state index contributed by atoms with van der Waals surface area (Å²) < 4.78 is 7.42. The lowest BCUT2D eigenvalue weighted by atomic mass is 10.2.